The van der Waals surface area contributed by atoms with Crippen LogP contribution < -0.4 is 10.5 Å². The van der Waals surface area contributed by atoms with E-state index < -0.39 is 26.5 Å². The van der Waals surface area contributed by atoms with E-state index in [-0.39, 0.29) is 22.8 Å². The number of aromatic nitrogens is 5. The lowest BCUT2D eigenvalue weighted by molar-refractivity contribution is 0.517. The summed E-state index contributed by atoms with van der Waals surface area (Å²) < 4.78 is 53.8. The number of fused-ring (bicyclic) bond motifs is 2. The quantitative estimate of drug-likeness (QED) is 0.427. The molecular formula is C18H13FN6O4S2. The molecule has 10 nitrogen and oxygen atoms in total. The molecule has 0 saturated carbocycles. The highest BCUT2D eigenvalue weighted by atomic mass is 32.2. The van der Waals surface area contributed by atoms with E-state index in [4.69, 9.17) is 4.42 Å². The SMILES string of the molecule is Cn1cc2cccc(Cn3c(=O)oc4cc(S(=O)(=O)Nc5ncns5)c(F)cc43)c2n1. The van der Waals surface area contributed by atoms with Crippen LogP contribution in [0.15, 0.2) is 57.0 Å². The molecule has 0 radical (unpaired) electrons. The number of benzene rings is 2. The van der Waals surface area contributed by atoms with Gasteiger partial charge in [-0.15, -0.1) is 0 Å². The summed E-state index contributed by atoms with van der Waals surface area (Å²) in [5.41, 5.74) is 1.51. The number of oxazole rings is 1. The number of nitrogens with one attached hydrogen (secondary N) is 1. The van der Waals surface area contributed by atoms with Crippen LogP contribution in [-0.2, 0) is 23.6 Å². The molecule has 0 atom stereocenters. The molecule has 5 aromatic rings. The van der Waals surface area contributed by atoms with Crippen LogP contribution in [0.25, 0.3) is 22.0 Å². The van der Waals surface area contributed by atoms with Gasteiger partial charge in [-0.2, -0.15) is 9.47 Å². The highest BCUT2D eigenvalue weighted by molar-refractivity contribution is 7.93. The van der Waals surface area contributed by atoms with E-state index in [9.17, 15) is 17.6 Å². The first-order valence-electron chi connectivity index (χ1n) is 8.85. The summed E-state index contributed by atoms with van der Waals surface area (Å²) >= 11 is 0.805. The Hall–Kier alpha value is -3.58. The van der Waals surface area contributed by atoms with Crippen molar-refractivity contribution in [2.75, 3.05) is 4.72 Å². The maximum atomic E-state index is 14.8. The largest absolute Gasteiger partial charge is 0.420 e. The number of nitrogens with zero attached hydrogens (tertiary/aromatic N) is 5. The van der Waals surface area contributed by atoms with Crippen molar-refractivity contribution >= 4 is 48.7 Å². The Balaban J connectivity index is 1.59. The second-order valence-corrected chi connectivity index (χ2v) is 9.15. The zero-order chi connectivity index (χ0) is 21.8. The summed E-state index contributed by atoms with van der Waals surface area (Å²) in [5, 5.41) is 5.28. The first-order valence-corrected chi connectivity index (χ1v) is 11.1. The molecule has 0 aliphatic heterocycles. The Kier molecular flexibility index (Phi) is 4.37. The number of hydrogen-bond acceptors (Lipinski definition) is 8. The van der Waals surface area contributed by atoms with Gasteiger partial charge in [-0.1, -0.05) is 18.2 Å². The Bertz CT molecular complexity index is 1600. The molecule has 0 amide bonds. The summed E-state index contributed by atoms with van der Waals surface area (Å²) in [5.74, 6) is -1.77. The molecule has 13 heteroatoms. The lowest BCUT2D eigenvalue weighted by Gasteiger charge is -2.07. The lowest BCUT2D eigenvalue weighted by Crippen LogP contribution is -2.16. The summed E-state index contributed by atoms with van der Waals surface area (Å²) in [6.07, 6.45) is 3.01. The second-order valence-electron chi connectivity index (χ2n) is 6.71. The van der Waals surface area contributed by atoms with Crippen LogP contribution in [0.1, 0.15) is 5.56 Å². The van der Waals surface area contributed by atoms with E-state index in [1.165, 1.54) is 10.9 Å². The molecule has 3 heterocycles. The second kappa shape index (κ2) is 6.99. The fourth-order valence-corrected chi connectivity index (χ4v) is 5.07. The van der Waals surface area contributed by atoms with Gasteiger partial charge in [0.1, 0.15) is 17.0 Å². The van der Waals surface area contributed by atoms with Gasteiger partial charge in [0.15, 0.2) is 5.58 Å². The van der Waals surface area contributed by atoms with Crippen molar-refractivity contribution in [3.63, 3.8) is 0 Å². The predicted octanol–water partition coefficient (Wildman–Crippen LogP) is 2.32. The van der Waals surface area contributed by atoms with Crippen LogP contribution >= 0.6 is 11.5 Å². The maximum Gasteiger partial charge on any atom is 0.420 e. The summed E-state index contributed by atoms with van der Waals surface area (Å²) in [6.45, 7) is 0.0781. The van der Waals surface area contributed by atoms with Crippen molar-refractivity contribution in [3.05, 3.63) is 64.8 Å². The predicted molar refractivity (Wildman–Crippen MR) is 111 cm³/mol. The standard InChI is InChI=1S/C18H13FN6O4S2/c1-24-7-10-3-2-4-11(16(10)22-24)8-25-13-5-12(19)15(6-14(13)29-18(25)26)31(27,28)23-17-20-9-21-30-17/h2-7,9H,8H2,1H3,(H,20,21,23). The molecule has 0 saturated heterocycles. The molecule has 5 rings (SSSR count). The average Bonchev–Trinajstić information content (AvgIpc) is 3.41. The molecule has 31 heavy (non-hydrogen) atoms. The third-order valence-electron chi connectivity index (χ3n) is 4.66. The third-order valence-corrected chi connectivity index (χ3v) is 6.72. The third kappa shape index (κ3) is 3.37. The Morgan fingerprint density at radius 1 is 1.29 bits per heavy atom. The van der Waals surface area contributed by atoms with Gasteiger partial charge in [-0.25, -0.2) is 22.6 Å². The Morgan fingerprint density at radius 3 is 2.90 bits per heavy atom. The Labute approximate surface area is 177 Å². The van der Waals surface area contributed by atoms with E-state index in [0.717, 1.165) is 34.6 Å². The highest BCUT2D eigenvalue weighted by Gasteiger charge is 2.24. The summed E-state index contributed by atoms with van der Waals surface area (Å²) in [7, 11) is -2.51. The molecule has 0 bridgehead atoms. The van der Waals surface area contributed by atoms with Crippen molar-refractivity contribution in [3.8, 4) is 0 Å². The van der Waals surface area contributed by atoms with Gasteiger partial charge in [0.05, 0.1) is 17.6 Å². The van der Waals surface area contributed by atoms with Crippen LogP contribution in [0.5, 0.6) is 0 Å². The summed E-state index contributed by atoms with van der Waals surface area (Å²) in [6, 6.07) is 7.48. The van der Waals surface area contributed by atoms with E-state index in [1.807, 2.05) is 24.4 Å². The number of anilines is 1. The van der Waals surface area contributed by atoms with Crippen molar-refractivity contribution < 1.29 is 17.2 Å². The monoisotopic (exact) mass is 460 g/mol. The molecule has 0 spiro atoms. The fourth-order valence-electron chi connectivity index (χ4n) is 3.33. The van der Waals surface area contributed by atoms with Crippen LogP contribution in [0.2, 0.25) is 0 Å². The molecule has 1 N–H and O–H groups in total. The van der Waals surface area contributed by atoms with Gasteiger partial charge >= 0.3 is 5.76 Å². The molecule has 2 aromatic carbocycles. The van der Waals surface area contributed by atoms with E-state index in [1.54, 1.807) is 11.7 Å². The van der Waals surface area contributed by atoms with E-state index >= 15 is 0 Å². The molecule has 0 unspecified atom stereocenters. The number of aryl methyl sites for hydroxylation is 1. The lowest BCUT2D eigenvalue weighted by atomic mass is 10.1. The normalized spacial score (nSPS) is 12.1. The van der Waals surface area contributed by atoms with Crippen molar-refractivity contribution in [1.82, 2.24) is 23.7 Å². The van der Waals surface area contributed by atoms with Gasteiger partial charge < -0.3 is 4.42 Å². The fraction of sp³-hybridized carbons (Fsp3) is 0.111. The van der Waals surface area contributed by atoms with Crippen LogP contribution in [0.3, 0.4) is 0 Å². The number of halogens is 1. The van der Waals surface area contributed by atoms with Crippen LogP contribution in [-0.4, -0.2) is 32.1 Å². The minimum Gasteiger partial charge on any atom is -0.408 e. The topological polar surface area (TPSA) is 125 Å². The number of sulfonamides is 1. The zero-order valence-electron chi connectivity index (χ0n) is 15.8. The average molecular weight is 460 g/mol. The van der Waals surface area contributed by atoms with Gasteiger partial charge in [0.25, 0.3) is 10.0 Å². The van der Waals surface area contributed by atoms with Gasteiger partial charge in [0.2, 0.25) is 5.13 Å². The minimum atomic E-state index is -4.30. The first kappa shape index (κ1) is 19.4. The van der Waals surface area contributed by atoms with Crippen molar-refractivity contribution in [2.45, 2.75) is 11.4 Å². The zero-order valence-corrected chi connectivity index (χ0v) is 17.4. The van der Waals surface area contributed by atoms with Gasteiger partial charge in [-0.05, 0) is 0 Å². The van der Waals surface area contributed by atoms with Crippen molar-refractivity contribution in [2.24, 2.45) is 7.05 Å². The Morgan fingerprint density at radius 2 is 2.13 bits per heavy atom. The van der Waals surface area contributed by atoms with Crippen molar-refractivity contribution in [1.29, 1.82) is 0 Å². The van der Waals surface area contributed by atoms with E-state index in [2.05, 4.69) is 19.2 Å². The molecule has 0 fully saturated rings. The van der Waals surface area contributed by atoms with E-state index in [0.29, 0.717) is 5.52 Å². The van der Waals surface area contributed by atoms with Crippen LogP contribution in [0.4, 0.5) is 9.52 Å². The van der Waals surface area contributed by atoms with Gasteiger partial charge in [-0.3, -0.25) is 14.0 Å². The van der Waals surface area contributed by atoms with Crippen LogP contribution in [0, 0.1) is 5.82 Å². The summed E-state index contributed by atoms with van der Waals surface area (Å²) in [4.78, 5) is 15.5. The van der Waals surface area contributed by atoms with Gasteiger partial charge in [0, 0.05) is 47.9 Å². The number of hydrogen-bond donors (Lipinski definition) is 1. The first-order chi connectivity index (χ1) is 14.8. The molecule has 0 aliphatic rings. The molecule has 3 aromatic heterocycles. The molecule has 158 valence electrons. The molecule has 0 aliphatic carbocycles. The minimum absolute atomic E-state index is 0.0121. The number of rotatable bonds is 5. The molecular weight excluding hydrogens is 447 g/mol. The highest BCUT2D eigenvalue weighted by Crippen LogP contribution is 2.26. The smallest absolute Gasteiger partial charge is 0.408 e. The maximum absolute atomic E-state index is 14.8.